The first-order chi connectivity index (χ1) is 6.25. The number of hydrogen-bond donors (Lipinski definition) is 0. The molecule has 0 bridgehead atoms. The molecule has 1 fully saturated rings. The van der Waals surface area contributed by atoms with Crippen molar-refractivity contribution in [3.63, 3.8) is 0 Å². The zero-order valence-corrected chi connectivity index (χ0v) is 8.42. The second-order valence-electron chi connectivity index (χ2n) is 4.30. The van der Waals surface area contributed by atoms with Crippen molar-refractivity contribution in [3.8, 4) is 0 Å². The Bertz CT molecular complexity index is 279. The van der Waals surface area contributed by atoms with Crippen LogP contribution in [0, 0.1) is 12.8 Å². The molecule has 1 aromatic heterocycles. The largest absolute Gasteiger partial charge is 0.448 e. The van der Waals surface area contributed by atoms with Gasteiger partial charge in [-0.2, -0.15) is 0 Å². The molecule has 1 aliphatic rings. The van der Waals surface area contributed by atoms with Crippen molar-refractivity contribution in [3.05, 3.63) is 17.8 Å². The summed E-state index contributed by atoms with van der Waals surface area (Å²) in [4.78, 5) is 4.40. The van der Waals surface area contributed by atoms with E-state index in [0.717, 1.165) is 17.5 Å². The maximum absolute atomic E-state index is 5.44. The first-order valence-corrected chi connectivity index (χ1v) is 5.17. The van der Waals surface area contributed by atoms with Gasteiger partial charge in [0, 0.05) is 5.92 Å². The van der Waals surface area contributed by atoms with Crippen molar-refractivity contribution in [1.29, 1.82) is 0 Å². The van der Waals surface area contributed by atoms with E-state index in [1.807, 2.05) is 6.92 Å². The van der Waals surface area contributed by atoms with Gasteiger partial charge in [0.05, 0.1) is 5.69 Å². The van der Waals surface area contributed by atoms with Gasteiger partial charge >= 0.3 is 0 Å². The third-order valence-electron chi connectivity index (χ3n) is 2.92. The van der Waals surface area contributed by atoms with Crippen LogP contribution in [0.15, 0.2) is 10.7 Å². The minimum absolute atomic E-state index is 0.581. The molecule has 0 aliphatic heterocycles. The third-order valence-corrected chi connectivity index (χ3v) is 2.92. The van der Waals surface area contributed by atoms with Crippen LogP contribution < -0.4 is 0 Å². The summed E-state index contributed by atoms with van der Waals surface area (Å²) >= 11 is 0. The van der Waals surface area contributed by atoms with Gasteiger partial charge in [0.1, 0.15) is 6.26 Å². The third kappa shape index (κ3) is 1.93. The summed E-state index contributed by atoms with van der Waals surface area (Å²) in [5.41, 5.74) is 1.01. The molecule has 2 unspecified atom stereocenters. The molecule has 0 spiro atoms. The molecule has 0 aromatic carbocycles. The smallest absolute Gasteiger partial charge is 0.197 e. The number of aryl methyl sites for hydroxylation is 1. The normalized spacial score (nSPS) is 29.1. The van der Waals surface area contributed by atoms with Crippen LogP contribution in [0.4, 0.5) is 0 Å². The Balaban J connectivity index is 2.08. The van der Waals surface area contributed by atoms with Gasteiger partial charge in [0.25, 0.3) is 0 Å². The van der Waals surface area contributed by atoms with Crippen LogP contribution in [0.5, 0.6) is 0 Å². The van der Waals surface area contributed by atoms with Gasteiger partial charge in [-0.25, -0.2) is 4.98 Å². The lowest BCUT2D eigenvalue weighted by Gasteiger charge is -2.23. The number of hydrogen-bond acceptors (Lipinski definition) is 2. The van der Waals surface area contributed by atoms with Crippen LogP contribution in [0.2, 0.25) is 0 Å². The summed E-state index contributed by atoms with van der Waals surface area (Å²) in [5.74, 6) is 2.38. The fourth-order valence-corrected chi connectivity index (χ4v) is 2.22. The highest BCUT2D eigenvalue weighted by molar-refractivity contribution is 5.00. The van der Waals surface area contributed by atoms with E-state index in [4.69, 9.17) is 4.42 Å². The van der Waals surface area contributed by atoms with Gasteiger partial charge in [0.15, 0.2) is 5.89 Å². The quantitative estimate of drug-likeness (QED) is 0.661. The van der Waals surface area contributed by atoms with Crippen molar-refractivity contribution < 1.29 is 4.42 Å². The fourth-order valence-electron chi connectivity index (χ4n) is 2.22. The number of aromatic nitrogens is 1. The molecule has 0 radical (unpaired) electrons. The Morgan fingerprint density at radius 1 is 1.46 bits per heavy atom. The van der Waals surface area contributed by atoms with Gasteiger partial charge in [-0.1, -0.05) is 19.8 Å². The van der Waals surface area contributed by atoms with Gasteiger partial charge < -0.3 is 4.42 Å². The average molecular weight is 179 g/mol. The van der Waals surface area contributed by atoms with E-state index < -0.39 is 0 Å². The van der Waals surface area contributed by atoms with E-state index >= 15 is 0 Å². The van der Waals surface area contributed by atoms with E-state index in [-0.39, 0.29) is 0 Å². The van der Waals surface area contributed by atoms with Crippen LogP contribution >= 0.6 is 0 Å². The second-order valence-corrected chi connectivity index (χ2v) is 4.30. The van der Waals surface area contributed by atoms with Crippen LogP contribution in [-0.2, 0) is 0 Å². The van der Waals surface area contributed by atoms with Crippen molar-refractivity contribution in [1.82, 2.24) is 4.98 Å². The lowest BCUT2D eigenvalue weighted by Crippen LogP contribution is -2.11. The molecule has 0 amide bonds. The second kappa shape index (κ2) is 3.52. The summed E-state index contributed by atoms with van der Waals surface area (Å²) in [5, 5.41) is 0. The Morgan fingerprint density at radius 2 is 2.31 bits per heavy atom. The van der Waals surface area contributed by atoms with Gasteiger partial charge in [-0.05, 0) is 25.7 Å². The van der Waals surface area contributed by atoms with E-state index in [0.29, 0.717) is 5.92 Å². The molecule has 72 valence electrons. The zero-order chi connectivity index (χ0) is 9.26. The fraction of sp³-hybridized carbons (Fsp3) is 0.727. The first-order valence-electron chi connectivity index (χ1n) is 5.17. The lowest BCUT2D eigenvalue weighted by molar-refractivity contribution is 0.302. The highest BCUT2D eigenvalue weighted by Gasteiger charge is 2.23. The summed E-state index contributed by atoms with van der Waals surface area (Å²) in [6.07, 6.45) is 6.96. The highest BCUT2D eigenvalue weighted by Crippen LogP contribution is 2.35. The molecular weight excluding hydrogens is 162 g/mol. The molecule has 1 aliphatic carbocycles. The summed E-state index contributed by atoms with van der Waals surface area (Å²) in [7, 11) is 0. The van der Waals surface area contributed by atoms with Crippen molar-refractivity contribution >= 4 is 0 Å². The van der Waals surface area contributed by atoms with Crippen molar-refractivity contribution in [2.75, 3.05) is 0 Å². The minimum Gasteiger partial charge on any atom is -0.448 e. The summed E-state index contributed by atoms with van der Waals surface area (Å²) in [6, 6.07) is 0. The number of oxazole rings is 1. The van der Waals surface area contributed by atoms with Crippen LogP contribution in [0.1, 0.15) is 50.1 Å². The molecule has 2 heteroatoms. The topological polar surface area (TPSA) is 26.0 Å². The molecule has 1 heterocycles. The molecule has 2 rings (SSSR count). The summed E-state index contributed by atoms with van der Waals surface area (Å²) < 4.78 is 5.44. The molecule has 2 nitrogen and oxygen atoms in total. The van der Waals surface area contributed by atoms with Crippen LogP contribution in [0.3, 0.4) is 0 Å². The van der Waals surface area contributed by atoms with Gasteiger partial charge in [-0.3, -0.25) is 0 Å². The maximum atomic E-state index is 5.44. The van der Waals surface area contributed by atoms with E-state index in [2.05, 4.69) is 11.9 Å². The number of nitrogens with zero attached hydrogens (tertiary/aromatic N) is 1. The Kier molecular flexibility index (Phi) is 2.38. The SMILES string of the molecule is Cc1coc(C2CCCC(C)C2)n1. The molecule has 1 saturated carbocycles. The van der Waals surface area contributed by atoms with Crippen LogP contribution in [0.25, 0.3) is 0 Å². The zero-order valence-electron chi connectivity index (χ0n) is 8.42. The Hall–Kier alpha value is -0.790. The minimum atomic E-state index is 0.581. The predicted molar refractivity (Wildman–Crippen MR) is 51.6 cm³/mol. The molecular formula is C11H17NO. The monoisotopic (exact) mass is 179 g/mol. The van der Waals surface area contributed by atoms with Gasteiger partial charge in [-0.15, -0.1) is 0 Å². The maximum Gasteiger partial charge on any atom is 0.197 e. The number of rotatable bonds is 1. The molecule has 1 aromatic rings. The van der Waals surface area contributed by atoms with Gasteiger partial charge in [0.2, 0.25) is 0 Å². The van der Waals surface area contributed by atoms with Crippen LogP contribution in [-0.4, -0.2) is 4.98 Å². The molecule has 0 saturated heterocycles. The Labute approximate surface area is 79.4 Å². The first kappa shape index (κ1) is 8.79. The lowest BCUT2D eigenvalue weighted by atomic mass is 9.82. The molecule has 13 heavy (non-hydrogen) atoms. The summed E-state index contributed by atoms with van der Waals surface area (Å²) in [6.45, 7) is 4.31. The van der Waals surface area contributed by atoms with E-state index in [1.54, 1.807) is 6.26 Å². The Morgan fingerprint density at radius 3 is 2.92 bits per heavy atom. The standard InChI is InChI=1S/C11H17NO/c1-8-4-3-5-10(6-8)11-12-9(2)7-13-11/h7-8,10H,3-6H2,1-2H3. The predicted octanol–water partition coefficient (Wildman–Crippen LogP) is 3.28. The molecule has 2 atom stereocenters. The van der Waals surface area contributed by atoms with Crippen molar-refractivity contribution in [2.24, 2.45) is 5.92 Å². The van der Waals surface area contributed by atoms with Crippen molar-refractivity contribution in [2.45, 2.75) is 45.4 Å². The molecule has 0 N–H and O–H groups in total. The van der Waals surface area contributed by atoms with E-state index in [9.17, 15) is 0 Å². The van der Waals surface area contributed by atoms with E-state index in [1.165, 1.54) is 25.7 Å². The highest BCUT2D eigenvalue weighted by atomic mass is 16.3. The average Bonchev–Trinajstić information content (AvgIpc) is 2.52.